The fourth-order valence-electron chi connectivity index (χ4n) is 3.71. The third-order valence-electron chi connectivity index (χ3n) is 5.26. The molecule has 0 aliphatic carbocycles. The fraction of sp³-hybridized carbons (Fsp3) is 0.0370. The van der Waals surface area contributed by atoms with E-state index in [-0.39, 0.29) is 0 Å². The summed E-state index contributed by atoms with van der Waals surface area (Å²) in [5.41, 5.74) is 4.76. The highest BCUT2D eigenvalue weighted by Crippen LogP contribution is 2.30. The van der Waals surface area contributed by atoms with E-state index in [4.69, 9.17) is 5.26 Å². The maximum atomic E-state index is 9.01. The Balaban J connectivity index is 1.52. The summed E-state index contributed by atoms with van der Waals surface area (Å²) in [5, 5.41) is 11.5. The number of fused-ring (bicyclic) bond motifs is 1. The van der Waals surface area contributed by atoms with Crippen molar-refractivity contribution in [3.63, 3.8) is 0 Å². The van der Waals surface area contributed by atoms with Crippen LogP contribution < -0.4 is 0 Å². The standard InChI is InChI=1S/C27H18N4/c1-18-29-26(22-11-9-19(17-28)10-12-22)31-27(30-18)23-15-13-21(14-16-23)25-8-4-6-20-5-2-3-7-24(20)25/h2-16H,1H3. The quantitative estimate of drug-likeness (QED) is 0.363. The van der Waals surface area contributed by atoms with Gasteiger partial charge in [0.25, 0.3) is 0 Å². The molecule has 4 nitrogen and oxygen atoms in total. The summed E-state index contributed by atoms with van der Waals surface area (Å²) in [6.45, 7) is 1.86. The first-order valence-electron chi connectivity index (χ1n) is 10.0. The van der Waals surface area contributed by atoms with Crippen LogP contribution in [0.25, 0.3) is 44.7 Å². The molecule has 146 valence electrons. The molecule has 0 amide bonds. The molecule has 0 aliphatic heterocycles. The van der Waals surface area contributed by atoms with E-state index in [0.29, 0.717) is 23.0 Å². The van der Waals surface area contributed by atoms with Crippen LogP contribution in [0, 0.1) is 18.3 Å². The van der Waals surface area contributed by atoms with E-state index in [1.165, 1.54) is 16.3 Å². The average molecular weight is 398 g/mol. The first kappa shape index (κ1) is 18.7. The third kappa shape index (κ3) is 3.65. The molecular formula is C27H18N4. The highest BCUT2D eigenvalue weighted by atomic mass is 15.0. The predicted molar refractivity (Wildman–Crippen MR) is 123 cm³/mol. The fourth-order valence-corrected chi connectivity index (χ4v) is 3.71. The molecule has 0 saturated carbocycles. The van der Waals surface area contributed by atoms with E-state index in [1.807, 2.05) is 19.1 Å². The van der Waals surface area contributed by atoms with Crippen molar-refractivity contribution in [2.45, 2.75) is 6.92 Å². The number of aromatic nitrogens is 3. The molecule has 0 aliphatic rings. The van der Waals surface area contributed by atoms with Gasteiger partial charge in [0, 0.05) is 11.1 Å². The molecule has 0 radical (unpaired) electrons. The summed E-state index contributed by atoms with van der Waals surface area (Å²) in [5.74, 6) is 1.89. The molecule has 0 saturated heterocycles. The van der Waals surface area contributed by atoms with Gasteiger partial charge in [-0.1, -0.05) is 66.7 Å². The molecule has 0 fully saturated rings. The Labute approximate surface area is 180 Å². The highest BCUT2D eigenvalue weighted by Gasteiger charge is 2.10. The van der Waals surface area contributed by atoms with Gasteiger partial charge in [-0.3, -0.25) is 0 Å². The Bertz CT molecular complexity index is 1420. The van der Waals surface area contributed by atoms with Gasteiger partial charge in [0.05, 0.1) is 11.6 Å². The Morgan fingerprint density at radius 2 is 1.19 bits per heavy atom. The Hall–Kier alpha value is -4.36. The Morgan fingerprint density at radius 3 is 1.87 bits per heavy atom. The van der Waals surface area contributed by atoms with Gasteiger partial charge in [0.1, 0.15) is 5.82 Å². The van der Waals surface area contributed by atoms with Crippen molar-refractivity contribution in [1.82, 2.24) is 15.0 Å². The van der Waals surface area contributed by atoms with Crippen molar-refractivity contribution in [3.8, 4) is 40.0 Å². The summed E-state index contributed by atoms with van der Waals surface area (Å²) < 4.78 is 0. The van der Waals surface area contributed by atoms with E-state index < -0.39 is 0 Å². The molecule has 5 aromatic rings. The lowest BCUT2D eigenvalue weighted by atomic mass is 9.97. The minimum atomic E-state index is 0.602. The second kappa shape index (κ2) is 7.81. The molecule has 1 aromatic heterocycles. The van der Waals surface area contributed by atoms with E-state index in [1.54, 1.807) is 12.1 Å². The maximum Gasteiger partial charge on any atom is 0.163 e. The normalized spacial score (nSPS) is 10.7. The molecule has 0 bridgehead atoms. The van der Waals surface area contributed by atoms with Gasteiger partial charge >= 0.3 is 0 Å². The van der Waals surface area contributed by atoms with Crippen LogP contribution >= 0.6 is 0 Å². The SMILES string of the molecule is Cc1nc(-c2ccc(C#N)cc2)nc(-c2ccc(-c3cccc4ccccc34)cc2)n1. The molecular weight excluding hydrogens is 380 g/mol. The Morgan fingerprint density at radius 1 is 0.613 bits per heavy atom. The number of benzene rings is 4. The maximum absolute atomic E-state index is 9.01. The molecule has 1 heterocycles. The van der Waals surface area contributed by atoms with Crippen LogP contribution in [0.2, 0.25) is 0 Å². The third-order valence-corrected chi connectivity index (χ3v) is 5.26. The smallest absolute Gasteiger partial charge is 0.163 e. The largest absolute Gasteiger partial charge is 0.213 e. The molecule has 0 spiro atoms. The van der Waals surface area contributed by atoms with Crippen molar-refractivity contribution in [2.24, 2.45) is 0 Å². The lowest BCUT2D eigenvalue weighted by molar-refractivity contribution is 0.992. The molecule has 4 heteroatoms. The van der Waals surface area contributed by atoms with Crippen LogP contribution in [0.1, 0.15) is 11.4 Å². The van der Waals surface area contributed by atoms with E-state index >= 15 is 0 Å². The van der Waals surface area contributed by atoms with Gasteiger partial charge in [-0.15, -0.1) is 0 Å². The van der Waals surface area contributed by atoms with Gasteiger partial charge in [0.2, 0.25) is 0 Å². The van der Waals surface area contributed by atoms with Gasteiger partial charge in [-0.25, -0.2) is 15.0 Å². The molecule has 0 unspecified atom stereocenters. The van der Waals surface area contributed by atoms with Crippen molar-refractivity contribution < 1.29 is 0 Å². The number of nitrogens with zero attached hydrogens (tertiary/aromatic N) is 4. The monoisotopic (exact) mass is 398 g/mol. The van der Waals surface area contributed by atoms with Gasteiger partial charge in [0.15, 0.2) is 11.6 Å². The van der Waals surface area contributed by atoms with Crippen molar-refractivity contribution in [1.29, 1.82) is 5.26 Å². The number of hydrogen-bond donors (Lipinski definition) is 0. The summed E-state index contributed by atoms with van der Waals surface area (Å²) in [6, 6.07) is 32.5. The Kier molecular flexibility index (Phi) is 4.70. The number of aryl methyl sites for hydroxylation is 1. The summed E-state index contributed by atoms with van der Waals surface area (Å²) in [6.07, 6.45) is 0. The minimum Gasteiger partial charge on any atom is -0.213 e. The second-order valence-electron chi connectivity index (χ2n) is 7.32. The van der Waals surface area contributed by atoms with Gasteiger partial charge < -0.3 is 0 Å². The number of rotatable bonds is 3. The summed E-state index contributed by atoms with van der Waals surface area (Å²) in [4.78, 5) is 13.7. The van der Waals surface area contributed by atoms with Gasteiger partial charge in [-0.2, -0.15) is 5.26 Å². The number of hydrogen-bond acceptors (Lipinski definition) is 4. The van der Waals surface area contributed by atoms with Crippen LogP contribution in [-0.4, -0.2) is 15.0 Å². The lowest BCUT2D eigenvalue weighted by Gasteiger charge is -2.09. The van der Waals surface area contributed by atoms with Crippen LogP contribution in [-0.2, 0) is 0 Å². The van der Waals surface area contributed by atoms with Crippen molar-refractivity contribution >= 4 is 10.8 Å². The second-order valence-corrected chi connectivity index (χ2v) is 7.32. The molecule has 0 atom stereocenters. The lowest BCUT2D eigenvalue weighted by Crippen LogP contribution is -1.99. The molecule has 5 rings (SSSR count). The predicted octanol–water partition coefficient (Wildman–Crippen LogP) is 6.21. The van der Waals surface area contributed by atoms with Crippen LogP contribution in [0.15, 0.2) is 91.0 Å². The topological polar surface area (TPSA) is 62.5 Å². The minimum absolute atomic E-state index is 0.602. The average Bonchev–Trinajstić information content (AvgIpc) is 2.83. The first-order valence-corrected chi connectivity index (χ1v) is 10.0. The molecule has 0 N–H and O–H groups in total. The zero-order valence-corrected chi connectivity index (χ0v) is 16.9. The van der Waals surface area contributed by atoms with Crippen molar-refractivity contribution in [2.75, 3.05) is 0 Å². The highest BCUT2D eigenvalue weighted by molar-refractivity contribution is 5.96. The van der Waals surface area contributed by atoms with E-state index in [2.05, 4.69) is 87.8 Å². The molecule has 4 aromatic carbocycles. The van der Waals surface area contributed by atoms with E-state index in [9.17, 15) is 0 Å². The summed E-state index contributed by atoms with van der Waals surface area (Å²) >= 11 is 0. The van der Waals surface area contributed by atoms with Crippen LogP contribution in [0.5, 0.6) is 0 Å². The van der Waals surface area contributed by atoms with Crippen molar-refractivity contribution in [3.05, 3.63) is 102 Å². The zero-order chi connectivity index (χ0) is 21.2. The van der Waals surface area contributed by atoms with Crippen LogP contribution in [0.3, 0.4) is 0 Å². The van der Waals surface area contributed by atoms with Gasteiger partial charge in [-0.05, 0) is 53.1 Å². The summed E-state index contributed by atoms with van der Waals surface area (Å²) in [7, 11) is 0. The van der Waals surface area contributed by atoms with Crippen LogP contribution in [0.4, 0.5) is 0 Å². The molecule has 31 heavy (non-hydrogen) atoms. The zero-order valence-electron chi connectivity index (χ0n) is 16.9. The number of nitriles is 1. The van der Waals surface area contributed by atoms with E-state index in [0.717, 1.165) is 16.7 Å². The first-order chi connectivity index (χ1) is 15.2.